The Bertz CT molecular complexity index is 919. The molecule has 2 aromatic carbocycles. The van der Waals surface area contributed by atoms with Gasteiger partial charge in [0.1, 0.15) is 0 Å². The zero-order chi connectivity index (χ0) is 16.0. The van der Waals surface area contributed by atoms with Gasteiger partial charge in [-0.25, -0.2) is 0 Å². The Morgan fingerprint density at radius 1 is 0.913 bits per heavy atom. The predicted molar refractivity (Wildman–Crippen MR) is 92.1 cm³/mol. The van der Waals surface area contributed by atoms with Gasteiger partial charge in [0, 0.05) is 28.4 Å². The standard InChI is InChI=1S/C19H18N2O2/c1-22-18-8-12-7-15-14-9-13(20)5-3-11(14)4-6-16(15)21-17(12)10-19(18)23-2/h3,5,7-10H,4,6,20H2,1-2H3. The van der Waals surface area contributed by atoms with Crippen LogP contribution in [0.4, 0.5) is 5.69 Å². The van der Waals surface area contributed by atoms with Crippen LogP contribution < -0.4 is 15.2 Å². The molecule has 0 atom stereocenters. The van der Waals surface area contributed by atoms with E-state index in [1.807, 2.05) is 24.3 Å². The Labute approximate surface area is 134 Å². The van der Waals surface area contributed by atoms with Crippen molar-refractivity contribution < 1.29 is 9.47 Å². The van der Waals surface area contributed by atoms with Gasteiger partial charge in [-0.2, -0.15) is 0 Å². The maximum atomic E-state index is 5.98. The van der Waals surface area contributed by atoms with Gasteiger partial charge in [-0.15, -0.1) is 0 Å². The molecule has 0 unspecified atom stereocenters. The molecule has 0 radical (unpaired) electrons. The molecule has 0 bridgehead atoms. The number of aryl methyl sites for hydroxylation is 2. The molecular formula is C19H18N2O2. The predicted octanol–water partition coefficient (Wildman–Crippen LogP) is 3.60. The van der Waals surface area contributed by atoms with Gasteiger partial charge in [-0.1, -0.05) is 6.07 Å². The van der Waals surface area contributed by atoms with Crippen molar-refractivity contribution in [1.82, 2.24) is 4.98 Å². The summed E-state index contributed by atoms with van der Waals surface area (Å²) in [5, 5.41) is 1.04. The number of fused-ring (bicyclic) bond motifs is 4. The zero-order valence-electron chi connectivity index (χ0n) is 13.2. The van der Waals surface area contributed by atoms with Crippen LogP contribution >= 0.6 is 0 Å². The second-order valence-corrected chi connectivity index (χ2v) is 5.80. The fraction of sp³-hybridized carbons (Fsp3) is 0.211. The van der Waals surface area contributed by atoms with Gasteiger partial charge in [-0.05, 0) is 48.2 Å². The molecule has 1 heterocycles. The van der Waals surface area contributed by atoms with Crippen molar-refractivity contribution in [3.8, 4) is 22.6 Å². The molecule has 116 valence electrons. The van der Waals surface area contributed by atoms with E-state index in [9.17, 15) is 0 Å². The number of nitrogens with zero attached hydrogens (tertiary/aromatic N) is 1. The molecule has 0 saturated carbocycles. The number of ether oxygens (including phenoxy) is 2. The molecule has 4 heteroatoms. The number of hydrogen-bond acceptors (Lipinski definition) is 4. The van der Waals surface area contributed by atoms with Gasteiger partial charge in [0.15, 0.2) is 11.5 Å². The Balaban J connectivity index is 1.98. The molecule has 0 amide bonds. The minimum Gasteiger partial charge on any atom is -0.493 e. The molecule has 4 rings (SSSR count). The van der Waals surface area contributed by atoms with Crippen molar-refractivity contribution in [3.05, 3.63) is 47.7 Å². The van der Waals surface area contributed by atoms with Gasteiger partial charge in [0.05, 0.1) is 19.7 Å². The van der Waals surface area contributed by atoms with E-state index in [1.165, 1.54) is 16.7 Å². The highest BCUT2D eigenvalue weighted by molar-refractivity contribution is 5.89. The van der Waals surface area contributed by atoms with Crippen molar-refractivity contribution in [2.75, 3.05) is 20.0 Å². The summed E-state index contributed by atoms with van der Waals surface area (Å²) in [4.78, 5) is 4.85. The minimum atomic E-state index is 0.702. The minimum absolute atomic E-state index is 0.702. The summed E-state index contributed by atoms with van der Waals surface area (Å²) in [5.74, 6) is 1.42. The van der Waals surface area contributed by atoms with Crippen molar-refractivity contribution in [2.24, 2.45) is 0 Å². The molecule has 23 heavy (non-hydrogen) atoms. The molecule has 1 aromatic heterocycles. The largest absolute Gasteiger partial charge is 0.493 e. The second-order valence-electron chi connectivity index (χ2n) is 5.80. The van der Waals surface area contributed by atoms with Crippen LogP contribution in [0.15, 0.2) is 36.4 Å². The van der Waals surface area contributed by atoms with Crippen LogP contribution in [-0.2, 0) is 12.8 Å². The normalized spacial score (nSPS) is 12.6. The van der Waals surface area contributed by atoms with Crippen LogP contribution in [0.3, 0.4) is 0 Å². The number of rotatable bonds is 2. The molecule has 0 spiro atoms. The topological polar surface area (TPSA) is 57.4 Å². The highest BCUT2D eigenvalue weighted by Crippen LogP contribution is 2.38. The van der Waals surface area contributed by atoms with Crippen LogP contribution in [0, 0.1) is 0 Å². The Morgan fingerprint density at radius 3 is 2.48 bits per heavy atom. The van der Waals surface area contributed by atoms with Crippen molar-refractivity contribution in [3.63, 3.8) is 0 Å². The zero-order valence-corrected chi connectivity index (χ0v) is 13.2. The number of nitrogens with two attached hydrogens (primary N) is 1. The monoisotopic (exact) mass is 306 g/mol. The van der Waals surface area contributed by atoms with E-state index in [2.05, 4.69) is 12.1 Å². The average Bonchev–Trinajstić information content (AvgIpc) is 2.58. The molecule has 4 nitrogen and oxygen atoms in total. The van der Waals surface area contributed by atoms with Crippen molar-refractivity contribution in [2.45, 2.75) is 12.8 Å². The van der Waals surface area contributed by atoms with E-state index in [1.54, 1.807) is 14.2 Å². The summed E-state index contributed by atoms with van der Waals surface area (Å²) in [7, 11) is 3.28. The average molecular weight is 306 g/mol. The molecule has 1 aliphatic carbocycles. The van der Waals surface area contributed by atoms with Crippen molar-refractivity contribution in [1.29, 1.82) is 0 Å². The number of nitrogen functional groups attached to an aromatic ring is 1. The van der Waals surface area contributed by atoms with E-state index < -0.39 is 0 Å². The van der Waals surface area contributed by atoms with Crippen LogP contribution in [0.1, 0.15) is 11.3 Å². The van der Waals surface area contributed by atoms with Crippen LogP contribution in [-0.4, -0.2) is 19.2 Å². The third-order valence-electron chi connectivity index (χ3n) is 4.45. The molecule has 0 fully saturated rings. The molecule has 1 aliphatic rings. The fourth-order valence-corrected chi connectivity index (χ4v) is 3.28. The van der Waals surface area contributed by atoms with Crippen LogP contribution in [0.25, 0.3) is 22.0 Å². The summed E-state index contributed by atoms with van der Waals surface area (Å²) in [6, 6.07) is 12.2. The number of pyridine rings is 1. The smallest absolute Gasteiger partial charge is 0.162 e. The van der Waals surface area contributed by atoms with E-state index in [0.29, 0.717) is 11.5 Å². The van der Waals surface area contributed by atoms with Gasteiger partial charge in [-0.3, -0.25) is 4.98 Å². The lowest BCUT2D eigenvalue weighted by molar-refractivity contribution is 0.356. The number of aromatic nitrogens is 1. The quantitative estimate of drug-likeness (QED) is 0.735. The molecule has 0 saturated heterocycles. The maximum absolute atomic E-state index is 5.98. The van der Waals surface area contributed by atoms with E-state index in [4.69, 9.17) is 20.2 Å². The lowest BCUT2D eigenvalue weighted by Gasteiger charge is -2.20. The Morgan fingerprint density at radius 2 is 1.70 bits per heavy atom. The third-order valence-corrected chi connectivity index (χ3v) is 4.45. The molecular weight excluding hydrogens is 288 g/mol. The Hall–Kier alpha value is -2.75. The summed E-state index contributed by atoms with van der Waals surface area (Å²) in [6.07, 6.45) is 1.94. The summed E-state index contributed by atoms with van der Waals surface area (Å²) >= 11 is 0. The fourth-order valence-electron chi connectivity index (χ4n) is 3.28. The number of anilines is 1. The number of hydrogen-bond donors (Lipinski definition) is 1. The van der Waals surface area contributed by atoms with E-state index in [-0.39, 0.29) is 0 Å². The van der Waals surface area contributed by atoms with Crippen LogP contribution in [0.2, 0.25) is 0 Å². The van der Waals surface area contributed by atoms with Gasteiger partial charge < -0.3 is 15.2 Å². The summed E-state index contributed by atoms with van der Waals surface area (Å²) < 4.78 is 10.8. The van der Waals surface area contributed by atoms with Gasteiger partial charge in [0.2, 0.25) is 0 Å². The second kappa shape index (κ2) is 5.16. The molecule has 3 aromatic rings. The van der Waals surface area contributed by atoms with Crippen LogP contribution in [0.5, 0.6) is 11.5 Å². The lowest BCUT2D eigenvalue weighted by atomic mass is 9.87. The first kappa shape index (κ1) is 13.9. The summed E-state index contributed by atoms with van der Waals surface area (Å²) in [6.45, 7) is 0. The molecule has 2 N–H and O–H groups in total. The number of methoxy groups -OCH3 is 2. The molecule has 0 aliphatic heterocycles. The van der Waals surface area contributed by atoms with Gasteiger partial charge in [0.25, 0.3) is 0 Å². The maximum Gasteiger partial charge on any atom is 0.162 e. The highest BCUT2D eigenvalue weighted by Gasteiger charge is 2.19. The third kappa shape index (κ3) is 2.18. The SMILES string of the molecule is COc1cc2cc3c(nc2cc1OC)CCc1ccc(N)cc1-3. The van der Waals surface area contributed by atoms with E-state index in [0.717, 1.165) is 35.1 Å². The van der Waals surface area contributed by atoms with E-state index >= 15 is 0 Å². The van der Waals surface area contributed by atoms with Gasteiger partial charge >= 0.3 is 0 Å². The van der Waals surface area contributed by atoms with Crippen molar-refractivity contribution >= 4 is 16.6 Å². The first-order chi connectivity index (χ1) is 11.2. The summed E-state index contributed by atoms with van der Waals surface area (Å²) in [5.41, 5.74) is 12.5. The Kier molecular flexibility index (Phi) is 3.11. The first-order valence-electron chi connectivity index (χ1n) is 7.64. The highest BCUT2D eigenvalue weighted by atomic mass is 16.5. The number of benzene rings is 2. The lowest BCUT2D eigenvalue weighted by Crippen LogP contribution is -2.07. The first-order valence-corrected chi connectivity index (χ1v) is 7.64.